The number of rotatable bonds is 6. The molecular formula is C12H20N2O3. The Balaban J connectivity index is 2.20. The van der Waals surface area contributed by atoms with Crippen LogP contribution >= 0.6 is 0 Å². The third-order valence-electron chi connectivity index (χ3n) is 2.98. The van der Waals surface area contributed by atoms with Crippen LogP contribution in [0.5, 0.6) is 0 Å². The van der Waals surface area contributed by atoms with Crippen LogP contribution in [-0.4, -0.2) is 48.1 Å². The molecule has 5 nitrogen and oxygen atoms in total. The highest BCUT2D eigenvalue weighted by Crippen LogP contribution is 2.19. The van der Waals surface area contributed by atoms with Gasteiger partial charge in [-0.2, -0.15) is 0 Å². The Morgan fingerprint density at radius 2 is 2.06 bits per heavy atom. The molecule has 0 saturated carbocycles. The van der Waals surface area contributed by atoms with Gasteiger partial charge >= 0.3 is 5.97 Å². The number of likely N-dealkylation sites (tertiary alicyclic amines) is 1. The quantitative estimate of drug-likeness (QED) is 0.662. The number of piperidine rings is 1. The van der Waals surface area contributed by atoms with E-state index in [1.165, 1.54) is 0 Å². The van der Waals surface area contributed by atoms with Gasteiger partial charge in [-0.05, 0) is 31.8 Å². The second-order valence-electron chi connectivity index (χ2n) is 4.41. The molecule has 1 rings (SSSR count). The second kappa shape index (κ2) is 7.06. The summed E-state index contributed by atoms with van der Waals surface area (Å²) in [5.74, 6) is -0.464. The lowest BCUT2D eigenvalue weighted by Crippen LogP contribution is -2.41. The smallest absolute Gasteiger partial charge is 0.303 e. The molecule has 0 radical (unpaired) electrons. The van der Waals surface area contributed by atoms with E-state index in [2.05, 4.69) is 16.8 Å². The van der Waals surface area contributed by atoms with Crippen molar-refractivity contribution < 1.29 is 14.7 Å². The number of carboxylic acid groups (broad SMARTS) is 1. The van der Waals surface area contributed by atoms with Gasteiger partial charge in [-0.1, -0.05) is 6.08 Å². The summed E-state index contributed by atoms with van der Waals surface area (Å²) in [6.07, 6.45) is 3.62. The van der Waals surface area contributed by atoms with Crippen LogP contribution in [0.4, 0.5) is 0 Å². The molecule has 2 N–H and O–H groups in total. The van der Waals surface area contributed by atoms with Gasteiger partial charge in [-0.25, -0.2) is 0 Å². The Kier molecular flexibility index (Phi) is 5.69. The Morgan fingerprint density at radius 1 is 1.41 bits per heavy atom. The highest BCUT2D eigenvalue weighted by Gasteiger charge is 2.22. The van der Waals surface area contributed by atoms with Gasteiger partial charge in [0.1, 0.15) is 0 Å². The lowest BCUT2D eigenvalue weighted by Gasteiger charge is -2.30. The molecule has 5 heteroatoms. The number of amides is 1. The molecule has 0 spiro atoms. The molecular weight excluding hydrogens is 220 g/mol. The van der Waals surface area contributed by atoms with Crippen LogP contribution in [0, 0.1) is 5.92 Å². The van der Waals surface area contributed by atoms with Crippen LogP contribution in [-0.2, 0) is 9.59 Å². The van der Waals surface area contributed by atoms with E-state index in [0.717, 1.165) is 25.9 Å². The lowest BCUT2D eigenvalue weighted by molar-refractivity contribution is -0.138. The average molecular weight is 240 g/mol. The number of aliphatic carboxylic acids is 1. The van der Waals surface area contributed by atoms with Crippen molar-refractivity contribution in [2.45, 2.75) is 19.3 Å². The van der Waals surface area contributed by atoms with E-state index in [4.69, 9.17) is 5.11 Å². The number of carboxylic acids is 1. The third-order valence-corrected chi connectivity index (χ3v) is 2.98. The predicted molar refractivity (Wildman–Crippen MR) is 64.6 cm³/mol. The molecule has 0 aliphatic carbocycles. The first-order valence-corrected chi connectivity index (χ1v) is 5.93. The van der Waals surface area contributed by atoms with Crippen LogP contribution in [0.15, 0.2) is 12.7 Å². The fraction of sp³-hybridized carbons (Fsp3) is 0.667. The average Bonchev–Trinajstić information content (AvgIpc) is 2.28. The first-order valence-electron chi connectivity index (χ1n) is 5.93. The molecule has 0 aromatic rings. The van der Waals surface area contributed by atoms with Crippen LogP contribution in [0.2, 0.25) is 0 Å². The zero-order valence-electron chi connectivity index (χ0n) is 10.0. The zero-order chi connectivity index (χ0) is 12.7. The number of carbonyl (C=O) groups is 2. The largest absolute Gasteiger partial charge is 0.481 e. The Labute approximate surface area is 101 Å². The van der Waals surface area contributed by atoms with E-state index in [1.54, 1.807) is 6.08 Å². The molecule has 1 amide bonds. The fourth-order valence-corrected chi connectivity index (χ4v) is 2.04. The van der Waals surface area contributed by atoms with E-state index in [1.807, 2.05) is 0 Å². The number of nitrogens with one attached hydrogen (secondary N) is 1. The van der Waals surface area contributed by atoms with Gasteiger partial charge in [-0.3, -0.25) is 14.5 Å². The van der Waals surface area contributed by atoms with Crippen molar-refractivity contribution >= 4 is 11.9 Å². The van der Waals surface area contributed by atoms with Gasteiger partial charge in [0.2, 0.25) is 5.91 Å². The third kappa shape index (κ3) is 5.49. The minimum Gasteiger partial charge on any atom is -0.481 e. The van der Waals surface area contributed by atoms with E-state index >= 15 is 0 Å². The first kappa shape index (κ1) is 13.7. The Bertz CT molecular complexity index is 283. The number of nitrogens with zero attached hydrogens (tertiary/aromatic N) is 1. The summed E-state index contributed by atoms with van der Waals surface area (Å²) in [5.41, 5.74) is 0. The van der Waals surface area contributed by atoms with Gasteiger partial charge in [-0.15, -0.1) is 6.58 Å². The maximum absolute atomic E-state index is 11.4. The van der Waals surface area contributed by atoms with Gasteiger partial charge < -0.3 is 10.4 Å². The summed E-state index contributed by atoms with van der Waals surface area (Å²) in [6, 6.07) is 0. The van der Waals surface area contributed by atoms with E-state index in [9.17, 15) is 9.59 Å². The summed E-state index contributed by atoms with van der Waals surface area (Å²) in [4.78, 5) is 24.1. The summed E-state index contributed by atoms with van der Waals surface area (Å²) >= 11 is 0. The summed E-state index contributed by atoms with van der Waals surface area (Å²) in [6.45, 7) is 6.03. The van der Waals surface area contributed by atoms with Crippen molar-refractivity contribution in [1.82, 2.24) is 10.2 Å². The van der Waals surface area contributed by atoms with Gasteiger partial charge in [0.05, 0.1) is 6.54 Å². The van der Waals surface area contributed by atoms with Crippen LogP contribution in [0.25, 0.3) is 0 Å². The zero-order valence-corrected chi connectivity index (χ0v) is 10.0. The number of hydrogen-bond donors (Lipinski definition) is 2. The lowest BCUT2D eigenvalue weighted by atomic mass is 9.94. The first-order chi connectivity index (χ1) is 8.11. The molecule has 0 bridgehead atoms. The van der Waals surface area contributed by atoms with Crippen LogP contribution < -0.4 is 5.32 Å². The molecule has 0 unspecified atom stereocenters. The number of hydrogen-bond acceptors (Lipinski definition) is 3. The van der Waals surface area contributed by atoms with Gasteiger partial charge in [0, 0.05) is 13.0 Å². The molecule has 0 aromatic carbocycles. The molecule has 1 saturated heterocycles. The summed E-state index contributed by atoms with van der Waals surface area (Å²) < 4.78 is 0. The fourth-order valence-electron chi connectivity index (χ4n) is 2.04. The normalized spacial score (nSPS) is 17.6. The molecule has 0 atom stereocenters. The van der Waals surface area contributed by atoms with E-state index in [-0.39, 0.29) is 18.2 Å². The maximum Gasteiger partial charge on any atom is 0.303 e. The molecule has 1 fully saturated rings. The van der Waals surface area contributed by atoms with E-state index < -0.39 is 5.97 Å². The van der Waals surface area contributed by atoms with Gasteiger partial charge in [0.15, 0.2) is 0 Å². The van der Waals surface area contributed by atoms with Crippen molar-refractivity contribution in [3.05, 3.63) is 12.7 Å². The van der Waals surface area contributed by atoms with E-state index in [0.29, 0.717) is 13.1 Å². The number of carbonyl (C=O) groups excluding carboxylic acids is 1. The highest BCUT2D eigenvalue weighted by molar-refractivity contribution is 5.78. The molecule has 1 aliphatic rings. The standard InChI is InChI=1S/C12H20N2O3/c1-2-5-13-11(15)9-14-6-3-10(4-7-14)8-12(16)17/h2,10H,1,3-9H2,(H,13,15)(H,16,17). The molecule has 17 heavy (non-hydrogen) atoms. The van der Waals surface area contributed by atoms with Gasteiger partial charge in [0.25, 0.3) is 0 Å². The van der Waals surface area contributed by atoms with Crippen molar-refractivity contribution in [2.24, 2.45) is 5.92 Å². The predicted octanol–water partition coefficient (Wildman–Crippen LogP) is 0.475. The highest BCUT2D eigenvalue weighted by atomic mass is 16.4. The van der Waals surface area contributed by atoms with Crippen molar-refractivity contribution in [3.63, 3.8) is 0 Å². The minimum atomic E-state index is -0.729. The summed E-state index contributed by atoms with van der Waals surface area (Å²) in [5, 5.41) is 11.4. The molecule has 96 valence electrons. The minimum absolute atomic E-state index is 0.00147. The topological polar surface area (TPSA) is 69.6 Å². The van der Waals surface area contributed by atoms with Crippen LogP contribution in [0.3, 0.4) is 0 Å². The van der Waals surface area contributed by atoms with Crippen molar-refractivity contribution in [2.75, 3.05) is 26.2 Å². The van der Waals surface area contributed by atoms with Crippen molar-refractivity contribution in [3.8, 4) is 0 Å². The summed E-state index contributed by atoms with van der Waals surface area (Å²) in [7, 11) is 0. The maximum atomic E-state index is 11.4. The Morgan fingerprint density at radius 3 is 2.59 bits per heavy atom. The molecule has 1 heterocycles. The molecule has 0 aromatic heterocycles. The van der Waals surface area contributed by atoms with Crippen molar-refractivity contribution in [1.29, 1.82) is 0 Å². The SMILES string of the molecule is C=CCNC(=O)CN1CCC(CC(=O)O)CC1. The monoisotopic (exact) mass is 240 g/mol. The molecule has 1 aliphatic heterocycles. The van der Waals surface area contributed by atoms with Crippen LogP contribution in [0.1, 0.15) is 19.3 Å². The second-order valence-corrected chi connectivity index (χ2v) is 4.41. The Hall–Kier alpha value is -1.36.